The summed E-state index contributed by atoms with van der Waals surface area (Å²) in [6, 6.07) is 62.4. The van der Waals surface area contributed by atoms with E-state index in [1.165, 1.54) is 76.4 Å². The summed E-state index contributed by atoms with van der Waals surface area (Å²) in [7, 11) is 8.90. The highest BCUT2D eigenvalue weighted by Gasteiger charge is 2.16. The highest BCUT2D eigenvalue weighted by molar-refractivity contribution is 6.53. The van der Waals surface area contributed by atoms with Gasteiger partial charge in [-0.15, -0.1) is 0 Å². The molecule has 6 rings (SSSR count). The Morgan fingerprint density at radius 2 is 0.656 bits per heavy atom. The molecule has 0 heterocycles. The zero-order valence-corrected chi connectivity index (χ0v) is 40.4. The summed E-state index contributed by atoms with van der Waals surface area (Å²) in [4.78, 5) is 0. The largest absolute Gasteiger partial charge is 0.333 e. The summed E-state index contributed by atoms with van der Waals surface area (Å²) in [6.07, 6.45) is 2.52. The van der Waals surface area contributed by atoms with Gasteiger partial charge in [0, 0.05) is 14.6 Å². The highest BCUT2D eigenvalue weighted by Crippen LogP contribution is 2.07. The van der Waals surface area contributed by atoms with Gasteiger partial charge in [-0.05, 0) is 49.2 Å². The molecular weight excluding hydrogens is 732 g/mol. The quantitative estimate of drug-likeness (QED) is 0.0864. The van der Waals surface area contributed by atoms with Crippen molar-refractivity contribution in [3.05, 3.63) is 193 Å². The van der Waals surface area contributed by atoms with Gasteiger partial charge >= 0.3 is 0 Å². The van der Waals surface area contributed by atoms with Crippen molar-refractivity contribution in [1.29, 1.82) is 0 Å². The maximum Gasteiger partial charge on any atom is 0.0757 e. The third-order valence-electron chi connectivity index (χ3n) is 11.7. The molecule has 0 unspecified atom stereocenters. The normalized spacial score (nSPS) is 9.95. The van der Waals surface area contributed by atoms with Gasteiger partial charge in [0.15, 0.2) is 0 Å². The minimum Gasteiger partial charge on any atom is -0.333 e. The molecule has 0 aliphatic heterocycles. The standard InChI is InChI=1S/C14H16B.C13H14B.C8H20N.2C7H10B.C4H12N.2CH4/c1-12-7-5-6-8-13(12)11-15-14-9-3-2-4-10-14;1-3-7-12(8-4-1)11-14-13-9-5-2-6-10-13;1-5-9(6-2,7-3)8-4;2*1-8-7-5-3-2-4-6-7;1-5(2,3)4;;/h2-10H,11,15H2,1H3;1-10H,11,14H2;5-8H2,1-4H3;2*2-6H,8H2,1H3;1-4H3;2*1H4/q2*-1;+1;2*-1;+1;;. The van der Waals surface area contributed by atoms with Crippen molar-refractivity contribution in [2.24, 2.45) is 0 Å². The number of quaternary nitrogens is 2. The van der Waals surface area contributed by atoms with E-state index in [2.05, 4.69) is 252 Å². The molecular formula is C55H90B4N2-2. The summed E-state index contributed by atoms with van der Waals surface area (Å²) < 4.78 is 2.28. The third-order valence-corrected chi connectivity index (χ3v) is 11.7. The van der Waals surface area contributed by atoms with E-state index in [1.54, 1.807) is 5.46 Å². The van der Waals surface area contributed by atoms with Crippen molar-refractivity contribution in [2.45, 2.75) is 75.8 Å². The predicted octanol–water partition coefficient (Wildman–Crippen LogP) is 8.21. The Kier molecular flexibility index (Phi) is 34.8. The van der Waals surface area contributed by atoms with Crippen LogP contribution in [-0.4, -0.2) is 92.5 Å². The van der Waals surface area contributed by atoms with Crippen LogP contribution in [0.3, 0.4) is 0 Å². The first kappa shape index (κ1) is 58.6. The fourth-order valence-electron chi connectivity index (χ4n) is 7.14. The fourth-order valence-corrected chi connectivity index (χ4v) is 7.14. The van der Waals surface area contributed by atoms with Crippen molar-refractivity contribution in [1.82, 2.24) is 0 Å². The lowest BCUT2D eigenvalue weighted by molar-refractivity contribution is -0.921. The zero-order valence-electron chi connectivity index (χ0n) is 40.4. The molecule has 0 fully saturated rings. The van der Waals surface area contributed by atoms with Crippen molar-refractivity contribution >= 4 is 51.0 Å². The number of aryl methyl sites for hydroxylation is 1. The monoisotopic (exact) mass is 823 g/mol. The molecule has 0 aromatic heterocycles. The summed E-state index contributed by atoms with van der Waals surface area (Å²) in [5, 5.41) is 0. The smallest absolute Gasteiger partial charge is 0.0757 e. The van der Waals surface area contributed by atoms with Gasteiger partial charge in [0.25, 0.3) is 0 Å². The average molecular weight is 823 g/mol. The fraction of sp³-hybridized carbons (Fsp3) is 0.345. The van der Waals surface area contributed by atoms with Gasteiger partial charge in [0.05, 0.1) is 54.4 Å². The molecule has 0 spiro atoms. The van der Waals surface area contributed by atoms with Gasteiger partial charge in [-0.2, -0.15) is 26.3 Å². The van der Waals surface area contributed by atoms with E-state index in [9.17, 15) is 0 Å². The number of nitrogens with zero attached hydrogens (tertiary/aromatic N) is 2. The van der Waals surface area contributed by atoms with Crippen molar-refractivity contribution < 1.29 is 8.97 Å². The maximum absolute atomic E-state index is 2.29. The van der Waals surface area contributed by atoms with E-state index in [1.807, 2.05) is 0 Å². The summed E-state index contributed by atoms with van der Waals surface area (Å²) in [6.45, 7) is 21.0. The van der Waals surface area contributed by atoms with Crippen LogP contribution in [0.5, 0.6) is 0 Å². The molecule has 0 aliphatic carbocycles. The second-order valence-corrected chi connectivity index (χ2v) is 17.7. The zero-order chi connectivity index (χ0) is 43.6. The Morgan fingerprint density at radius 3 is 0.934 bits per heavy atom. The Bertz CT molecular complexity index is 1710. The van der Waals surface area contributed by atoms with E-state index >= 15 is 0 Å². The molecule has 0 atom stereocenters. The molecule has 0 radical (unpaired) electrons. The lowest BCUT2D eigenvalue weighted by Crippen LogP contribution is -2.47. The topological polar surface area (TPSA) is 0 Å². The van der Waals surface area contributed by atoms with Crippen LogP contribution >= 0.6 is 0 Å². The SMILES string of the molecule is C.C.CC[N+](CC)(CC)CC.C[BH2-]c1ccccc1.C[BH2-]c1ccccc1.C[N+](C)(C)C.Cc1ccccc1C[BH2-]c1ccccc1.[BH2-](Cc1ccccc1)c1ccccc1. The van der Waals surface area contributed by atoms with Crippen LogP contribution in [0.15, 0.2) is 176 Å². The van der Waals surface area contributed by atoms with Crippen LogP contribution in [-0.2, 0) is 12.6 Å². The summed E-state index contributed by atoms with van der Waals surface area (Å²) in [5.41, 5.74) is 10.6. The van der Waals surface area contributed by atoms with E-state index < -0.39 is 0 Å². The van der Waals surface area contributed by atoms with E-state index in [-0.39, 0.29) is 44.0 Å². The van der Waals surface area contributed by atoms with E-state index in [0.29, 0.717) is 0 Å². The van der Waals surface area contributed by atoms with Gasteiger partial charge in [0.1, 0.15) is 0 Å². The first-order chi connectivity index (χ1) is 28.4. The first-order valence-electron chi connectivity index (χ1n) is 23.9. The summed E-state index contributed by atoms with van der Waals surface area (Å²) in [5.74, 6) is 0. The van der Waals surface area contributed by atoms with Crippen LogP contribution in [0.2, 0.25) is 13.6 Å². The molecule has 6 heteroatoms. The second-order valence-electron chi connectivity index (χ2n) is 17.7. The van der Waals surface area contributed by atoms with Gasteiger partial charge in [-0.3, -0.25) is 0 Å². The minimum atomic E-state index is -0.00491. The van der Waals surface area contributed by atoms with E-state index in [4.69, 9.17) is 0 Å². The maximum atomic E-state index is 2.29. The molecule has 0 saturated carbocycles. The number of hydrogen-bond donors (Lipinski definition) is 0. The lowest BCUT2D eigenvalue weighted by Gasteiger charge is -2.34. The van der Waals surface area contributed by atoms with Gasteiger partial charge in [-0.1, -0.05) is 207 Å². The molecule has 0 N–H and O–H groups in total. The lowest BCUT2D eigenvalue weighted by atomic mass is 9.65. The Morgan fingerprint density at radius 1 is 0.377 bits per heavy atom. The van der Waals surface area contributed by atoms with Crippen LogP contribution in [0.1, 0.15) is 59.2 Å². The molecule has 0 bridgehead atoms. The average Bonchev–Trinajstić information content (AvgIpc) is 3.28. The molecule has 0 aliphatic rings. The molecule has 61 heavy (non-hydrogen) atoms. The Hall–Kier alpha value is -4.50. The minimum absolute atomic E-state index is 0. The molecule has 0 saturated heterocycles. The van der Waals surface area contributed by atoms with Gasteiger partial charge in [0.2, 0.25) is 0 Å². The predicted molar refractivity (Wildman–Crippen MR) is 295 cm³/mol. The van der Waals surface area contributed by atoms with Crippen molar-refractivity contribution in [3.63, 3.8) is 0 Å². The third kappa shape index (κ3) is 30.2. The van der Waals surface area contributed by atoms with Gasteiger partial charge in [-0.25, -0.2) is 21.9 Å². The molecule has 334 valence electrons. The number of hydrogen-bond acceptors (Lipinski definition) is 0. The van der Waals surface area contributed by atoms with Crippen molar-refractivity contribution in [2.75, 3.05) is 54.4 Å². The summed E-state index contributed by atoms with van der Waals surface area (Å²) >= 11 is 0. The van der Waals surface area contributed by atoms with Gasteiger partial charge < -0.3 is 8.97 Å². The Labute approximate surface area is 381 Å². The van der Waals surface area contributed by atoms with Crippen LogP contribution in [0.4, 0.5) is 0 Å². The Balaban J connectivity index is 0. The first-order valence-corrected chi connectivity index (χ1v) is 23.9. The second kappa shape index (κ2) is 36.2. The number of benzene rings is 6. The van der Waals surface area contributed by atoms with Crippen LogP contribution in [0, 0.1) is 6.92 Å². The molecule has 2 nitrogen and oxygen atoms in total. The molecule has 6 aromatic carbocycles. The van der Waals surface area contributed by atoms with Crippen molar-refractivity contribution in [3.8, 4) is 0 Å². The number of rotatable bonds is 12. The highest BCUT2D eigenvalue weighted by atomic mass is 15.3. The molecule has 0 amide bonds. The van der Waals surface area contributed by atoms with Crippen LogP contribution < -0.4 is 21.9 Å². The van der Waals surface area contributed by atoms with Crippen LogP contribution in [0.25, 0.3) is 0 Å². The molecule has 6 aromatic rings. The van der Waals surface area contributed by atoms with E-state index in [0.717, 1.165) is 4.48 Å².